The number of nitrogens with zero attached hydrogens (tertiary/aromatic N) is 1. The van der Waals surface area contributed by atoms with Gasteiger partial charge in [-0.15, -0.1) is 0 Å². The van der Waals surface area contributed by atoms with Crippen LogP contribution in [0, 0.1) is 4.77 Å². The topological polar surface area (TPSA) is 39.2 Å². The normalized spacial score (nSPS) is 12.9. The summed E-state index contributed by atoms with van der Waals surface area (Å²) in [5.74, 6) is 0.820. The van der Waals surface area contributed by atoms with Crippen LogP contribution in [0.2, 0.25) is 0 Å². The van der Waals surface area contributed by atoms with Crippen LogP contribution < -0.4 is 4.74 Å². The van der Waals surface area contributed by atoms with Gasteiger partial charge in [-0.1, -0.05) is 0 Å². The van der Waals surface area contributed by atoms with Crippen molar-refractivity contribution < 1.29 is 9.47 Å². The van der Waals surface area contributed by atoms with E-state index in [-0.39, 0.29) is 6.10 Å². The third-order valence-corrected chi connectivity index (χ3v) is 3.15. The number of nitrogens with one attached hydrogen (secondary N) is 1. The lowest BCUT2D eigenvalue weighted by atomic mass is 10.3. The Bertz CT molecular complexity index is 573. The van der Waals surface area contributed by atoms with Gasteiger partial charge in [0.05, 0.1) is 30.8 Å². The van der Waals surface area contributed by atoms with Gasteiger partial charge in [0, 0.05) is 13.2 Å². The Morgan fingerprint density at radius 1 is 1.41 bits per heavy atom. The van der Waals surface area contributed by atoms with Gasteiger partial charge in [-0.3, -0.25) is 0 Å². The van der Waals surface area contributed by atoms with E-state index >= 15 is 0 Å². The number of benzene rings is 1. The molecule has 1 aromatic heterocycles. The van der Waals surface area contributed by atoms with Crippen LogP contribution in [0.4, 0.5) is 0 Å². The van der Waals surface area contributed by atoms with E-state index in [0.717, 1.165) is 23.3 Å². The lowest BCUT2D eigenvalue weighted by Crippen LogP contribution is -2.14. The van der Waals surface area contributed by atoms with Crippen molar-refractivity contribution in [2.45, 2.75) is 19.6 Å². The van der Waals surface area contributed by atoms with E-state index in [4.69, 9.17) is 21.7 Å². The highest BCUT2D eigenvalue weighted by Gasteiger charge is 2.08. The predicted octanol–water partition coefficient (Wildman–Crippen LogP) is 2.74. The summed E-state index contributed by atoms with van der Waals surface area (Å²) < 4.78 is 13.2. The molecular weight excluding hydrogens is 236 g/mol. The summed E-state index contributed by atoms with van der Waals surface area (Å²) in [6.07, 6.45) is 0.128. The molecule has 17 heavy (non-hydrogen) atoms. The molecule has 2 aromatic rings. The summed E-state index contributed by atoms with van der Waals surface area (Å²) in [7, 11) is 3.35. The number of fused-ring (bicyclic) bond motifs is 1. The minimum atomic E-state index is 0.128. The molecule has 5 heteroatoms. The van der Waals surface area contributed by atoms with E-state index < -0.39 is 0 Å². The second-order valence-electron chi connectivity index (χ2n) is 3.97. The highest BCUT2D eigenvalue weighted by molar-refractivity contribution is 7.71. The van der Waals surface area contributed by atoms with Crippen molar-refractivity contribution >= 4 is 23.3 Å². The molecule has 2 rings (SSSR count). The van der Waals surface area contributed by atoms with Gasteiger partial charge in [-0.25, -0.2) is 0 Å². The van der Waals surface area contributed by atoms with Gasteiger partial charge >= 0.3 is 0 Å². The van der Waals surface area contributed by atoms with Gasteiger partial charge in [0.1, 0.15) is 5.75 Å². The Hall–Kier alpha value is -1.33. The summed E-state index contributed by atoms with van der Waals surface area (Å²) in [6.45, 7) is 2.76. The molecule has 0 spiro atoms. The zero-order valence-corrected chi connectivity index (χ0v) is 11.0. The van der Waals surface area contributed by atoms with Crippen molar-refractivity contribution in [3.63, 3.8) is 0 Å². The van der Waals surface area contributed by atoms with Crippen molar-refractivity contribution in [2.75, 3.05) is 14.2 Å². The lowest BCUT2D eigenvalue weighted by Gasteiger charge is -2.11. The fourth-order valence-electron chi connectivity index (χ4n) is 1.78. The van der Waals surface area contributed by atoms with Crippen LogP contribution in [0.5, 0.6) is 5.75 Å². The fraction of sp³-hybridized carbons (Fsp3) is 0.417. The number of H-pyrrole nitrogens is 1. The smallest absolute Gasteiger partial charge is 0.178 e. The first-order valence-corrected chi connectivity index (χ1v) is 5.86. The predicted molar refractivity (Wildman–Crippen MR) is 70.1 cm³/mol. The van der Waals surface area contributed by atoms with Crippen LogP contribution in [0.1, 0.15) is 6.92 Å². The summed E-state index contributed by atoms with van der Waals surface area (Å²) in [4.78, 5) is 3.17. The van der Waals surface area contributed by atoms with Gasteiger partial charge in [0.25, 0.3) is 0 Å². The lowest BCUT2D eigenvalue weighted by molar-refractivity contribution is 0.104. The summed E-state index contributed by atoms with van der Waals surface area (Å²) in [5.41, 5.74) is 2.05. The van der Waals surface area contributed by atoms with E-state index in [1.54, 1.807) is 14.2 Å². The Balaban J connectivity index is 2.49. The molecule has 0 aliphatic heterocycles. The van der Waals surface area contributed by atoms with Gasteiger partial charge in [-0.05, 0) is 31.3 Å². The number of aromatic amines is 1. The van der Waals surface area contributed by atoms with E-state index in [1.807, 2.05) is 29.7 Å². The van der Waals surface area contributed by atoms with Crippen LogP contribution in [-0.2, 0) is 11.3 Å². The molecule has 92 valence electrons. The Morgan fingerprint density at radius 2 is 2.18 bits per heavy atom. The summed E-state index contributed by atoms with van der Waals surface area (Å²) in [6, 6.07) is 5.88. The van der Waals surface area contributed by atoms with E-state index in [9.17, 15) is 0 Å². The molecule has 4 nitrogen and oxygen atoms in total. The SMILES string of the molecule is COc1ccc2c(c1)[nH]c(=S)n2CC(C)OC. The number of aromatic nitrogens is 2. The average molecular weight is 252 g/mol. The van der Waals surface area contributed by atoms with Crippen molar-refractivity contribution in [3.8, 4) is 5.75 Å². The van der Waals surface area contributed by atoms with Gasteiger partial charge in [-0.2, -0.15) is 0 Å². The number of rotatable bonds is 4. The molecular formula is C12H16N2O2S. The van der Waals surface area contributed by atoms with E-state index in [0.29, 0.717) is 4.77 Å². The van der Waals surface area contributed by atoms with Gasteiger partial charge in [0.2, 0.25) is 0 Å². The number of imidazole rings is 1. The van der Waals surface area contributed by atoms with Crippen LogP contribution in [0.25, 0.3) is 11.0 Å². The molecule has 0 saturated heterocycles. The van der Waals surface area contributed by atoms with Gasteiger partial charge in [0.15, 0.2) is 4.77 Å². The standard InChI is InChI=1S/C12H16N2O2S/c1-8(15-2)7-14-11-5-4-9(16-3)6-10(11)13-12(14)17/h4-6,8H,7H2,1-3H3,(H,13,17). The largest absolute Gasteiger partial charge is 0.497 e. The third kappa shape index (κ3) is 2.35. The first kappa shape index (κ1) is 12.1. The summed E-state index contributed by atoms with van der Waals surface area (Å²) >= 11 is 5.31. The molecule has 1 heterocycles. The molecule has 0 bridgehead atoms. The van der Waals surface area contributed by atoms with E-state index in [2.05, 4.69) is 4.98 Å². The van der Waals surface area contributed by atoms with Crippen LogP contribution in [0.15, 0.2) is 18.2 Å². The number of hydrogen-bond donors (Lipinski definition) is 1. The second kappa shape index (κ2) is 4.89. The van der Waals surface area contributed by atoms with Crippen LogP contribution in [-0.4, -0.2) is 29.9 Å². The first-order valence-electron chi connectivity index (χ1n) is 5.45. The number of ether oxygens (including phenoxy) is 2. The maximum atomic E-state index is 5.31. The van der Waals surface area contributed by atoms with Crippen molar-refractivity contribution in [1.29, 1.82) is 0 Å². The molecule has 0 fully saturated rings. The zero-order chi connectivity index (χ0) is 12.4. The molecule has 0 aliphatic rings. The van der Waals surface area contributed by atoms with Crippen LogP contribution >= 0.6 is 12.2 Å². The highest BCUT2D eigenvalue weighted by atomic mass is 32.1. The zero-order valence-electron chi connectivity index (χ0n) is 10.2. The Labute approximate surface area is 105 Å². The van der Waals surface area contributed by atoms with Crippen LogP contribution in [0.3, 0.4) is 0 Å². The molecule has 0 radical (unpaired) electrons. The molecule has 1 N–H and O–H groups in total. The molecule has 1 aromatic carbocycles. The maximum absolute atomic E-state index is 5.31. The highest BCUT2D eigenvalue weighted by Crippen LogP contribution is 2.20. The van der Waals surface area contributed by atoms with E-state index in [1.165, 1.54) is 0 Å². The fourth-order valence-corrected chi connectivity index (χ4v) is 2.07. The first-order chi connectivity index (χ1) is 8.15. The van der Waals surface area contributed by atoms with Crippen molar-refractivity contribution in [1.82, 2.24) is 9.55 Å². The molecule has 0 amide bonds. The molecule has 0 aliphatic carbocycles. The maximum Gasteiger partial charge on any atom is 0.178 e. The quantitative estimate of drug-likeness (QED) is 0.850. The van der Waals surface area contributed by atoms with Gasteiger partial charge < -0.3 is 19.0 Å². The molecule has 1 unspecified atom stereocenters. The minimum Gasteiger partial charge on any atom is -0.497 e. The number of hydrogen-bond acceptors (Lipinski definition) is 3. The average Bonchev–Trinajstić information content (AvgIpc) is 2.64. The summed E-state index contributed by atoms with van der Waals surface area (Å²) in [5, 5.41) is 0. The monoisotopic (exact) mass is 252 g/mol. The van der Waals surface area contributed by atoms with Crippen molar-refractivity contribution in [3.05, 3.63) is 23.0 Å². The Morgan fingerprint density at radius 3 is 2.82 bits per heavy atom. The molecule has 1 atom stereocenters. The third-order valence-electron chi connectivity index (χ3n) is 2.82. The molecule has 0 saturated carbocycles. The Kier molecular flexibility index (Phi) is 3.49. The minimum absolute atomic E-state index is 0.128. The number of methoxy groups -OCH3 is 2. The second-order valence-corrected chi connectivity index (χ2v) is 4.36. The van der Waals surface area contributed by atoms with Crippen molar-refractivity contribution in [2.24, 2.45) is 0 Å².